The van der Waals surface area contributed by atoms with Crippen LogP contribution in [0.25, 0.3) is 5.52 Å². The minimum Gasteiger partial charge on any atom is -0.477 e. The quantitative estimate of drug-likeness (QED) is 0.875. The Morgan fingerprint density at radius 2 is 2.08 bits per heavy atom. The zero-order valence-electron chi connectivity index (χ0n) is 14.9. The lowest BCUT2D eigenvalue weighted by molar-refractivity contribution is 0.0694. The van der Waals surface area contributed by atoms with E-state index in [0.717, 1.165) is 37.6 Å². The third-order valence-corrected chi connectivity index (χ3v) is 5.60. The van der Waals surface area contributed by atoms with Gasteiger partial charge in [0.05, 0.1) is 17.4 Å². The number of carbonyl (C=O) groups is 1. The Morgan fingerprint density at radius 1 is 1.35 bits per heavy atom. The standard InChI is InChI=1S/C19H22FN3O3/c1-10-16-13(11-3-4-11)7-14(19(25)26)18(24)23(16)9-15(20)17(10)22-6-5-12(8-22)21-2/h7,9,11-12,21H,3-6,8H2,1-2H3,(H,25,26)/t12-/m1/s1. The molecule has 0 bridgehead atoms. The molecule has 1 saturated carbocycles. The van der Waals surface area contributed by atoms with Crippen LogP contribution >= 0.6 is 0 Å². The number of carboxylic acids is 1. The van der Waals surface area contributed by atoms with Gasteiger partial charge in [-0.3, -0.25) is 9.20 Å². The first-order valence-electron chi connectivity index (χ1n) is 8.96. The number of hydrogen-bond donors (Lipinski definition) is 2. The number of fused-ring (bicyclic) bond motifs is 1. The van der Waals surface area contributed by atoms with Gasteiger partial charge in [0.1, 0.15) is 5.56 Å². The van der Waals surface area contributed by atoms with Crippen LogP contribution in [0.3, 0.4) is 0 Å². The van der Waals surface area contributed by atoms with Gasteiger partial charge in [0.25, 0.3) is 5.56 Å². The molecular formula is C19H22FN3O3. The lowest BCUT2D eigenvalue weighted by Crippen LogP contribution is -2.31. The third kappa shape index (κ3) is 2.58. The molecule has 138 valence electrons. The highest BCUT2D eigenvalue weighted by atomic mass is 19.1. The van der Waals surface area contributed by atoms with Crippen molar-refractivity contribution in [2.45, 2.75) is 38.1 Å². The van der Waals surface area contributed by atoms with Crippen LogP contribution in [0.2, 0.25) is 0 Å². The highest BCUT2D eigenvalue weighted by Gasteiger charge is 2.32. The van der Waals surface area contributed by atoms with Gasteiger partial charge in [0.2, 0.25) is 0 Å². The van der Waals surface area contributed by atoms with Gasteiger partial charge in [-0.15, -0.1) is 0 Å². The topological polar surface area (TPSA) is 74.0 Å². The summed E-state index contributed by atoms with van der Waals surface area (Å²) < 4.78 is 16.1. The van der Waals surface area contributed by atoms with Crippen LogP contribution < -0.4 is 15.8 Å². The molecule has 2 fully saturated rings. The van der Waals surface area contributed by atoms with Gasteiger partial charge < -0.3 is 15.3 Å². The fourth-order valence-corrected chi connectivity index (χ4v) is 4.09. The number of aromatic nitrogens is 1. The number of aromatic carboxylic acids is 1. The number of nitrogens with one attached hydrogen (secondary N) is 1. The molecule has 0 amide bonds. The largest absolute Gasteiger partial charge is 0.477 e. The molecular weight excluding hydrogens is 337 g/mol. The van der Waals surface area contributed by atoms with E-state index in [1.165, 1.54) is 10.5 Å². The zero-order chi connectivity index (χ0) is 18.6. The summed E-state index contributed by atoms with van der Waals surface area (Å²) in [6.45, 7) is 3.28. The number of nitrogens with zero attached hydrogens (tertiary/aromatic N) is 2. The molecule has 4 rings (SSSR count). The smallest absolute Gasteiger partial charge is 0.341 e. The number of rotatable bonds is 4. The number of hydrogen-bond acceptors (Lipinski definition) is 4. The van der Waals surface area contributed by atoms with E-state index in [1.54, 1.807) is 0 Å². The molecule has 0 unspecified atom stereocenters. The first kappa shape index (κ1) is 17.0. The Kier molecular flexibility index (Phi) is 3.99. The van der Waals surface area contributed by atoms with Gasteiger partial charge in [-0.1, -0.05) is 0 Å². The van der Waals surface area contributed by atoms with E-state index < -0.39 is 17.3 Å². The summed E-state index contributed by atoms with van der Waals surface area (Å²) in [5, 5.41) is 12.6. The maximum absolute atomic E-state index is 15.0. The molecule has 1 aliphatic heterocycles. The van der Waals surface area contributed by atoms with E-state index in [0.29, 0.717) is 29.4 Å². The summed E-state index contributed by atoms with van der Waals surface area (Å²) in [7, 11) is 1.90. The summed E-state index contributed by atoms with van der Waals surface area (Å²) in [5.74, 6) is -1.52. The molecule has 0 spiro atoms. The fourth-order valence-electron chi connectivity index (χ4n) is 4.09. The van der Waals surface area contributed by atoms with Crippen molar-refractivity contribution in [2.75, 3.05) is 25.0 Å². The van der Waals surface area contributed by atoms with Crippen molar-refractivity contribution in [1.82, 2.24) is 9.72 Å². The highest BCUT2D eigenvalue weighted by molar-refractivity contribution is 5.89. The zero-order valence-corrected chi connectivity index (χ0v) is 14.9. The molecule has 2 aromatic rings. The summed E-state index contributed by atoms with van der Waals surface area (Å²) in [5.41, 5.74) is 1.74. The number of likely N-dealkylation sites (N-methyl/N-ethyl adjacent to an activating group) is 1. The van der Waals surface area contributed by atoms with Crippen LogP contribution in [0.5, 0.6) is 0 Å². The summed E-state index contributed by atoms with van der Waals surface area (Å²) in [6, 6.07) is 1.80. The van der Waals surface area contributed by atoms with Gasteiger partial charge in [0, 0.05) is 19.1 Å². The molecule has 7 heteroatoms. The Bertz CT molecular complexity index is 965. The normalized spacial score (nSPS) is 20.1. The summed E-state index contributed by atoms with van der Waals surface area (Å²) in [6.07, 6.45) is 4.01. The van der Waals surface area contributed by atoms with Crippen LogP contribution in [0.1, 0.15) is 46.7 Å². The average Bonchev–Trinajstić information content (AvgIpc) is 3.33. The monoisotopic (exact) mass is 359 g/mol. The number of anilines is 1. The summed E-state index contributed by atoms with van der Waals surface area (Å²) in [4.78, 5) is 26.1. The molecule has 0 aromatic carbocycles. The second-order valence-corrected chi connectivity index (χ2v) is 7.29. The number of pyridine rings is 2. The Balaban J connectivity index is 1.97. The van der Waals surface area contributed by atoms with E-state index in [9.17, 15) is 19.1 Å². The Hall–Kier alpha value is -2.41. The average molecular weight is 359 g/mol. The van der Waals surface area contributed by atoms with Crippen molar-refractivity contribution in [3.8, 4) is 0 Å². The molecule has 1 aliphatic carbocycles. The molecule has 2 aromatic heterocycles. The van der Waals surface area contributed by atoms with Crippen LogP contribution in [-0.4, -0.2) is 41.7 Å². The van der Waals surface area contributed by atoms with Crippen molar-refractivity contribution in [3.63, 3.8) is 0 Å². The first-order valence-corrected chi connectivity index (χ1v) is 8.96. The van der Waals surface area contributed by atoms with Crippen LogP contribution in [0, 0.1) is 12.7 Å². The van der Waals surface area contributed by atoms with Gasteiger partial charge in [-0.25, -0.2) is 9.18 Å². The summed E-state index contributed by atoms with van der Waals surface area (Å²) >= 11 is 0. The van der Waals surface area contributed by atoms with E-state index in [-0.39, 0.29) is 11.5 Å². The molecule has 3 heterocycles. The molecule has 1 atom stereocenters. The lowest BCUT2D eigenvalue weighted by atomic mass is 10.0. The molecule has 1 saturated heterocycles. The van der Waals surface area contributed by atoms with Crippen LogP contribution in [0.4, 0.5) is 10.1 Å². The SMILES string of the molecule is CN[C@@H]1CCN(c2c(F)cn3c(=O)c(C(=O)O)cc(C4CC4)c3c2C)C1. The van der Waals surface area contributed by atoms with Gasteiger partial charge in [0.15, 0.2) is 5.82 Å². The lowest BCUT2D eigenvalue weighted by Gasteiger charge is -2.24. The number of aryl methyl sites for hydroxylation is 1. The second-order valence-electron chi connectivity index (χ2n) is 7.29. The Labute approximate surface area is 150 Å². The van der Waals surface area contributed by atoms with E-state index in [4.69, 9.17) is 0 Å². The maximum Gasteiger partial charge on any atom is 0.341 e. The third-order valence-electron chi connectivity index (χ3n) is 5.60. The second kappa shape index (κ2) is 6.09. The number of halogens is 1. The minimum absolute atomic E-state index is 0.240. The minimum atomic E-state index is -1.27. The fraction of sp³-hybridized carbons (Fsp3) is 0.474. The number of carboxylic acid groups (broad SMARTS) is 1. The molecule has 2 N–H and O–H groups in total. The van der Waals surface area contributed by atoms with Crippen molar-refractivity contribution < 1.29 is 14.3 Å². The van der Waals surface area contributed by atoms with E-state index in [1.807, 2.05) is 18.9 Å². The van der Waals surface area contributed by atoms with E-state index in [2.05, 4.69) is 5.32 Å². The Morgan fingerprint density at radius 3 is 2.65 bits per heavy atom. The molecule has 0 radical (unpaired) electrons. The molecule has 2 aliphatic rings. The van der Waals surface area contributed by atoms with Crippen molar-refractivity contribution in [2.24, 2.45) is 0 Å². The molecule has 6 nitrogen and oxygen atoms in total. The van der Waals surface area contributed by atoms with Crippen LogP contribution in [-0.2, 0) is 0 Å². The van der Waals surface area contributed by atoms with Crippen LogP contribution in [0.15, 0.2) is 17.1 Å². The maximum atomic E-state index is 15.0. The van der Waals surface area contributed by atoms with Crippen molar-refractivity contribution in [1.29, 1.82) is 0 Å². The van der Waals surface area contributed by atoms with Crippen molar-refractivity contribution in [3.05, 3.63) is 45.1 Å². The van der Waals surface area contributed by atoms with Gasteiger partial charge in [-0.2, -0.15) is 0 Å². The van der Waals surface area contributed by atoms with Gasteiger partial charge in [-0.05, 0) is 56.3 Å². The predicted molar refractivity (Wildman–Crippen MR) is 97.0 cm³/mol. The van der Waals surface area contributed by atoms with Gasteiger partial charge >= 0.3 is 5.97 Å². The van der Waals surface area contributed by atoms with E-state index >= 15 is 0 Å². The van der Waals surface area contributed by atoms with Crippen molar-refractivity contribution >= 4 is 17.2 Å². The molecule has 26 heavy (non-hydrogen) atoms. The highest BCUT2D eigenvalue weighted by Crippen LogP contribution is 2.44. The first-order chi connectivity index (χ1) is 12.4. The predicted octanol–water partition coefficient (Wildman–Crippen LogP) is 2.12.